The molecule has 2 aliphatic heterocycles. The van der Waals surface area contributed by atoms with Gasteiger partial charge < -0.3 is 15.0 Å². The molecule has 0 saturated heterocycles. The van der Waals surface area contributed by atoms with Crippen LogP contribution in [0.1, 0.15) is 22.8 Å². The van der Waals surface area contributed by atoms with E-state index in [4.69, 9.17) is 0 Å². The quantitative estimate of drug-likeness (QED) is 0.291. The first-order chi connectivity index (χ1) is 14.3. The minimum atomic E-state index is 0. The summed E-state index contributed by atoms with van der Waals surface area (Å²) in [7, 11) is 0. The van der Waals surface area contributed by atoms with E-state index in [1.807, 2.05) is 48.6 Å². The van der Waals surface area contributed by atoms with E-state index in [1.54, 1.807) is 18.7 Å². The van der Waals surface area contributed by atoms with Crippen LogP contribution in [0.15, 0.2) is 67.3 Å². The fraction of sp³-hybridized carbons (Fsp3) is 0. The number of rotatable bonds is 0. The molecule has 0 atom stereocenters. The smallest absolute Gasteiger partial charge is 0.0919 e. The zero-order chi connectivity index (χ0) is 19.5. The van der Waals surface area contributed by atoms with Crippen LogP contribution >= 0.6 is 0 Å². The molecule has 0 radical (unpaired) electrons. The summed E-state index contributed by atoms with van der Waals surface area (Å²) in [6.07, 6.45) is 13.2. The standard InChI is InChI=1S/C20H14N4.C3H4N2.Ni/c1-2-14-10-16-5-6-18(23-16)12-20-8-7-19(24-20)11-17-4-3-15(22-17)9-13(1)21-14;1-2-5-3-4-1;/h1-12,21,24H;1-3H,(H,4,5);. The predicted octanol–water partition coefficient (Wildman–Crippen LogP) is 5.06. The third kappa shape index (κ3) is 4.65. The van der Waals surface area contributed by atoms with Gasteiger partial charge in [0.05, 0.1) is 29.1 Å². The Balaban J connectivity index is 0.000000321. The van der Waals surface area contributed by atoms with Crippen molar-refractivity contribution < 1.29 is 16.5 Å². The summed E-state index contributed by atoms with van der Waals surface area (Å²) in [5.41, 5.74) is 7.86. The normalized spacial score (nSPS) is 11.5. The first-order valence-electron chi connectivity index (χ1n) is 9.27. The van der Waals surface area contributed by atoms with E-state index in [0.717, 1.165) is 44.8 Å². The molecule has 30 heavy (non-hydrogen) atoms. The van der Waals surface area contributed by atoms with Crippen LogP contribution in [0.5, 0.6) is 0 Å². The number of hydrogen-bond acceptors (Lipinski definition) is 3. The van der Waals surface area contributed by atoms with Gasteiger partial charge in [-0.15, -0.1) is 0 Å². The molecule has 6 rings (SSSR count). The summed E-state index contributed by atoms with van der Waals surface area (Å²) >= 11 is 0. The Bertz CT molecular complexity index is 1170. The number of hydrogen-bond donors (Lipinski definition) is 3. The molecule has 150 valence electrons. The maximum Gasteiger partial charge on any atom is 0.0919 e. The van der Waals surface area contributed by atoms with Gasteiger partial charge in [0.1, 0.15) is 0 Å². The van der Waals surface area contributed by atoms with Crippen molar-refractivity contribution >= 4 is 46.4 Å². The first-order valence-corrected chi connectivity index (χ1v) is 9.27. The Morgan fingerprint density at radius 1 is 0.567 bits per heavy atom. The zero-order valence-electron chi connectivity index (χ0n) is 15.8. The second-order valence-corrected chi connectivity index (χ2v) is 6.67. The SMILES string of the molecule is C1=Cc2cc3ccc(cc4nc(cc5ccc(cc1n2)[nH]5)C=C4)[nH]3.[Ni].c1c[nH]cn1. The maximum absolute atomic E-state index is 4.63. The van der Waals surface area contributed by atoms with Crippen molar-refractivity contribution in [3.8, 4) is 0 Å². The Morgan fingerprint density at radius 2 is 0.967 bits per heavy atom. The van der Waals surface area contributed by atoms with E-state index < -0.39 is 0 Å². The van der Waals surface area contributed by atoms with Gasteiger partial charge in [0.25, 0.3) is 0 Å². The van der Waals surface area contributed by atoms with Crippen molar-refractivity contribution in [2.24, 2.45) is 0 Å². The van der Waals surface area contributed by atoms with Crippen molar-refractivity contribution in [2.75, 3.05) is 0 Å². The summed E-state index contributed by atoms with van der Waals surface area (Å²) < 4.78 is 0. The average molecular weight is 437 g/mol. The Hall–Kier alpha value is -3.70. The van der Waals surface area contributed by atoms with Gasteiger partial charge in [-0.25, -0.2) is 15.0 Å². The molecule has 0 fully saturated rings. The molecule has 7 heteroatoms. The summed E-state index contributed by atoms with van der Waals surface area (Å²) in [5, 5.41) is 0. The van der Waals surface area contributed by atoms with Crippen molar-refractivity contribution in [3.05, 3.63) is 90.0 Å². The molecule has 6 nitrogen and oxygen atoms in total. The Morgan fingerprint density at radius 3 is 1.23 bits per heavy atom. The summed E-state index contributed by atoms with van der Waals surface area (Å²) in [5.74, 6) is 0. The van der Waals surface area contributed by atoms with Crippen LogP contribution in [-0.4, -0.2) is 29.9 Å². The monoisotopic (exact) mass is 436 g/mol. The number of imidazole rings is 1. The molecule has 4 aromatic heterocycles. The second kappa shape index (κ2) is 8.76. The van der Waals surface area contributed by atoms with Gasteiger partial charge in [-0.3, -0.25) is 0 Å². The minimum Gasteiger partial charge on any atom is -0.355 e. The molecule has 0 amide bonds. The molecule has 8 bridgehead atoms. The fourth-order valence-electron chi connectivity index (χ4n) is 3.16. The van der Waals surface area contributed by atoms with E-state index in [1.165, 1.54) is 0 Å². The van der Waals surface area contributed by atoms with Crippen LogP contribution in [0.3, 0.4) is 0 Å². The fourth-order valence-corrected chi connectivity index (χ4v) is 3.16. The number of nitrogens with zero attached hydrogens (tertiary/aromatic N) is 3. The number of nitrogens with one attached hydrogen (secondary N) is 3. The number of fused-ring (bicyclic) bond motifs is 8. The molecular weight excluding hydrogens is 419 g/mol. The van der Waals surface area contributed by atoms with Gasteiger partial charge in [0.2, 0.25) is 0 Å². The van der Waals surface area contributed by atoms with Crippen molar-refractivity contribution in [2.45, 2.75) is 0 Å². The first kappa shape index (κ1) is 19.6. The van der Waals surface area contributed by atoms with Gasteiger partial charge in [0.15, 0.2) is 0 Å². The van der Waals surface area contributed by atoms with E-state index in [-0.39, 0.29) is 16.5 Å². The van der Waals surface area contributed by atoms with Gasteiger partial charge in [-0.1, -0.05) is 0 Å². The number of H-pyrrole nitrogens is 3. The number of aromatic amines is 3. The number of aromatic nitrogens is 6. The van der Waals surface area contributed by atoms with Gasteiger partial charge in [-0.2, -0.15) is 0 Å². The Labute approximate surface area is 182 Å². The van der Waals surface area contributed by atoms with Gasteiger partial charge in [0, 0.05) is 51.0 Å². The van der Waals surface area contributed by atoms with Crippen LogP contribution in [0.4, 0.5) is 0 Å². The molecular formula is C23H18N6Ni. The van der Waals surface area contributed by atoms with Crippen molar-refractivity contribution in [1.29, 1.82) is 0 Å². The maximum atomic E-state index is 4.63. The van der Waals surface area contributed by atoms with Crippen LogP contribution in [0, 0.1) is 0 Å². The Kier molecular flexibility index (Phi) is 5.73. The molecule has 6 heterocycles. The summed E-state index contributed by atoms with van der Waals surface area (Å²) in [6.45, 7) is 0. The largest absolute Gasteiger partial charge is 0.355 e. The predicted molar refractivity (Wildman–Crippen MR) is 117 cm³/mol. The molecule has 2 aliphatic rings. The zero-order valence-corrected chi connectivity index (χ0v) is 16.8. The van der Waals surface area contributed by atoms with Crippen LogP contribution in [0.2, 0.25) is 0 Å². The average Bonchev–Trinajstić information content (AvgIpc) is 3.50. The molecule has 0 aromatic carbocycles. The third-order valence-electron chi connectivity index (χ3n) is 4.45. The van der Waals surface area contributed by atoms with Crippen molar-refractivity contribution in [3.63, 3.8) is 0 Å². The molecule has 0 saturated carbocycles. The second-order valence-electron chi connectivity index (χ2n) is 6.67. The van der Waals surface area contributed by atoms with Gasteiger partial charge >= 0.3 is 0 Å². The van der Waals surface area contributed by atoms with Crippen LogP contribution in [0.25, 0.3) is 46.4 Å². The molecule has 0 aliphatic carbocycles. The third-order valence-corrected chi connectivity index (χ3v) is 4.45. The topological polar surface area (TPSA) is 86.0 Å². The molecule has 3 N–H and O–H groups in total. The van der Waals surface area contributed by atoms with E-state index >= 15 is 0 Å². The molecule has 4 aromatic rings. The van der Waals surface area contributed by atoms with Crippen LogP contribution < -0.4 is 0 Å². The molecule has 0 spiro atoms. The van der Waals surface area contributed by atoms with E-state index in [2.05, 4.69) is 54.2 Å². The van der Waals surface area contributed by atoms with Crippen molar-refractivity contribution in [1.82, 2.24) is 29.9 Å². The molecule has 0 unspecified atom stereocenters. The van der Waals surface area contributed by atoms with E-state index in [9.17, 15) is 0 Å². The summed E-state index contributed by atoms with van der Waals surface area (Å²) in [4.78, 5) is 22.4. The van der Waals surface area contributed by atoms with E-state index in [0.29, 0.717) is 0 Å². The van der Waals surface area contributed by atoms with Gasteiger partial charge in [-0.05, 0) is 72.8 Å². The minimum absolute atomic E-state index is 0. The van der Waals surface area contributed by atoms with Crippen LogP contribution in [-0.2, 0) is 16.5 Å². The summed E-state index contributed by atoms with van der Waals surface area (Å²) in [6, 6.07) is 16.4.